The molecular formula is C16H21N3O2. The molecule has 5 heteroatoms. The van der Waals surface area contributed by atoms with Crippen molar-refractivity contribution < 1.29 is 9.90 Å². The summed E-state index contributed by atoms with van der Waals surface area (Å²) < 4.78 is 0. The Kier molecular flexibility index (Phi) is 6.28. The van der Waals surface area contributed by atoms with Crippen LogP contribution < -0.4 is 10.6 Å². The van der Waals surface area contributed by atoms with E-state index in [4.69, 9.17) is 5.26 Å². The third-order valence-electron chi connectivity index (χ3n) is 2.94. The van der Waals surface area contributed by atoms with E-state index in [1.807, 2.05) is 6.07 Å². The maximum atomic E-state index is 12.0. The van der Waals surface area contributed by atoms with Gasteiger partial charge in [-0.05, 0) is 43.0 Å². The molecule has 1 rings (SSSR count). The number of nitriles is 1. The number of hydrogen-bond acceptors (Lipinski definition) is 4. The number of aromatic hydroxyl groups is 1. The van der Waals surface area contributed by atoms with E-state index in [0.29, 0.717) is 18.2 Å². The van der Waals surface area contributed by atoms with Gasteiger partial charge < -0.3 is 15.7 Å². The fraction of sp³-hybridized carbons (Fsp3) is 0.375. The predicted octanol–water partition coefficient (Wildman–Crippen LogP) is 2.68. The van der Waals surface area contributed by atoms with Gasteiger partial charge in [-0.2, -0.15) is 5.26 Å². The van der Waals surface area contributed by atoms with Crippen molar-refractivity contribution in [3.63, 3.8) is 0 Å². The number of hydrogen-bond donors (Lipinski definition) is 3. The lowest BCUT2D eigenvalue weighted by Crippen LogP contribution is -2.18. The second-order valence-corrected chi connectivity index (χ2v) is 5.26. The zero-order chi connectivity index (χ0) is 15.8. The molecule has 0 bridgehead atoms. The monoisotopic (exact) mass is 287 g/mol. The normalized spacial score (nSPS) is 11.1. The Hall–Kier alpha value is -2.48. The molecule has 0 unspecified atom stereocenters. The van der Waals surface area contributed by atoms with Crippen LogP contribution in [0.25, 0.3) is 0 Å². The number of phenolic OH excluding ortho intramolecular Hbond substituents is 1. The molecule has 3 N–H and O–H groups in total. The van der Waals surface area contributed by atoms with Crippen molar-refractivity contribution in [1.29, 1.82) is 5.26 Å². The molecular weight excluding hydrogens is 266 g/mol. The molecule has 0 aliphatic rings. The van der Waals surface area contributed by atoms with Crippen molar-refractivity contribution in [2.24, 2.45) is 5.92 Å². The van der Waals surface area contributed by atoms with Crippen molar-refractivity contribution in [3.8, 4) is 11.8 Å². The SMILES string of the molecule is Cc1cc(O)ccc1NC(=O)/C(C#N)=C\NCCC(C)C. The van der Waals surface area contributed by atoms with E-state index in [1.54, 1.807) is 19.1 Å². The second-order valence-electron chi connectivity index (χ2n) is 5.26. The average Bonchev–Trinajstić information content (AvgIpc) is 2.41. The minimum atomic E-state index is -0.469. The fourth-order valence-electron chi connectivity index (χ4n) is 1.67. The summed E-state index contributed by atoms with van der Waals surface area (Å²) in [5.74, 6) is 0.227. The molecule has 0 aliphatic heterocycles. The van der Waals surface area contributed by atoms with Crippen molar-refractivity contribution in [2.45, 2.75) is 27.2 Å². The quantitative estimate of drug-likeness (QED) is 0.325. The van der Waals surface area contributed by atoms with E-state index in [2.05, 4.69) is 24.5 Å². The maximum Gasteiger partial charge on any atom is 0.267 e. The molecule has 0 spiro atoms. The first-order chi connectivity index (χ1) is 9.93. The number of amides is 1. The standard InChI is InChI=1S/C16H21N3O2/c1-11(2)6-7-18-10-13(9-17)16(21)19-15-5-4-14(20)8-12(15)3/h4-5,8,10-11,18,20H,6-7H2,1-3H3,(H,19,21)/b13-10-. The summed E-state index contributed by atoms with van der Waals surface area (Å²) in [6, 6.07) is 6.51. The van der Waals surface area contributed by atoms with Gasteiger partial charge in [0.05, 0.1) is 0 Å². The lowest BCUT2D eigenvalue weighted by atomic mass is 10.1. The number of nitrogens with one attached hydrogen (secondary N) is 2. The van der Waals surface area contributed by atoms with Gasteiger partial charge in [-0.3, -0.25) is 4.79 Å². The summed E-state index contributed by atoms with van der Waals surface area (Å²) >= 11 is 0. The van der Waals surface area contributed by atoms with Crippen LogP contribution in [-0.2, 0) is 4.79 Å². The number of carbonyl (C=O) groups is 1. The topological polar surface area (TPSA) is 85.2 Å². The van der Waals surface area contributed by atoms with Gasteiger partial charge in [-0.25, -0.2) is 0 Å². The van der Waals surface area contributed by atoms with Crippen molar-refractivity contribution >= 4 is 11.6 Å². The summed E-state index contributed by atoms with van der Waals surface area (Å²) in [7, 11) is 0. The molecule has 5 nitrogen and oxygen atoms in total. The van der Waals surface area contributed by atoms with Crippen LogP contribution >= 0.6 is 0 Å². The molecule has 0 atom stereocenters. The van der Waals surface area contributed by atoms with Gasteiger partial charge in [0.1, 0.15) is 17.4 Å². The van der Waals surface area contributed by atoms with E-state index in [-0.39, 0.29) is 11.3 Å². The molecule has 1 aromatic rings. The van der Waals surface area contributed by atoms with Crippen LogP contribution in [0, 0.1) is 24.2 Å². The molecule has 1 amide bonds. The van der Waals surface area contributed by atoms with E-state index in [9.17, 15) is 9.90 Å². The molecule has 0 saturated carbocycles. The van der Waals surface area contributed by atoms with E-state index in [0.717, 1.165) is 12.0 Å². The maximum absolute atomic E-state index is 12.0. The Morgan fingerprint density at radius 3 is 2.76 bits per heavy atom. The minimum Gasteiger partial charge on any atom is -0.508 e. The lowest BCUT2D eigenvalue weighted by Gasteiger charge is -2.08. The first-order valence-corrected chi connectivity index (χ1v) is 6.88. The van der Waals surface area contributed by atoms with Gasteiger partial charge in [0, 0.05) is 18.4 Å². The van der Waals surface area contributed by atoms with Gasteiger partial charge >= 0.3 is 0 Å². The van der Waals surface area contributed by atoms with E-state index >= 15 is 0 Å². The van der Waals surface area contributed by atoms with Gasteiger partial charge in [0.2, 0.25) is 0 Å². The summed E-state index contributed by atoms with van der Waals surface area (Å²) in [6.45, 7) is 6.70. The van der Waals surface area contributed by atoms with Gasteiger partial charge in [0.25, 0.3) is 5.91 Å². The number of nitrogens with zero attached hydrogens (tertiary/aromatic N) is 1. The highest BCUT2D eigenvalue weighted by Gasteiger charge is 2.10. The molecule has 21 heavy (non-hydrogen) atoms. The third kappa shape index (κ3) is 5.57. The Morgan fingerprint density at radius 1 is 1.48 bits per heavy atom. The van der Waals surface area contributed by atoms with Gasteiger partial charge in [0.15, 0.2) is 0 Å². The smallest absolute Gasteiger partial charge is 0.267 e. The van der Waals surface area contributed by atoms with Gasteiger partial charge in [-0.15, -0.1) is 0 Å². The van der Waals surface area contributed by atoms with Crippen LogP contribution in [-0.4, -0.2) is 17.6 Å². The molecule has 1 aromatic carbocycles. The van der Waals surface area contributed by atoms with Crippen LogP contribution in [0.5, 0.6) is 5.75 Å². The number of carbonyl (C=O) groups excluding carboxylic acids is 1. The molecule has 0 saturated heterocycles. The molecule has 0 fully saturated rings. The van der Waals surface area contributed by atoms with Crippen LogP contribution in [0.15, 0.2) is 30.0 Å². The van der Waals surface area contributed by atoms with Gasteiger partial charge in [-0.1, -0.05) is 13.8 Å². The highest BCUT2D eigenvalue weighted by atomic mass is 16.3. The number of rotatable bonds is 6. The first-order valence-electron chi connectivity index (χ1n) is 6.88. The van der Waals surface area contributed by atoms with Crippen LogP contribution in [0.3, 0.4) is 0 Å². The molecule has 0 radical (unpaired) electrons. The number of benzene rings is 1. The second kappa shape index (κ2) is 7.95. The molecule has 0 aliphatic carbocycles. The Balaban J connectivity index is 2.67. The minimum absolute atomic E-state index is 0.0197. The highest BCUT2D eigenvalue weighted by molar-refractivity contribution is 6.06. The summed E-state index contributed by atoms with van der Waals surface area (Å²) in [5, 5.41) is 24.0. The fourth-order valence-corrected chi connectivity index (χ4v) is 1.67. The Morgan fingerprint density at radius 2 is 2.19 bits per heavy atom. The highest BCUT2D eigenvalue weighted by Crippen LogP contribution is 2.20. The third-order valence-corrected chi connectivity index (χ3v) is 2.94. The molecule has 112 valence electrons. The lowest BCUT2D eigenvalue weighted by molar-refractivity contribution is -0.112. The van der Waals surface area contributed by atoms with Crippen LogP contribution in [0.2, 0.25) is 0 Å². The van der Waals surface area contributed by atoms with Crippen LogP contribution in [0.1, 0.15) is 25.8 Å². The zero-order valence-electron chi connectivity index (χ0n) is 12.6. The number of phenols is 1. The average molecular weight is 287 g/mol. The molecule has 0 aromatic heterocycles. The van der Waals surface area contributed by atoms with Crippen molar-refractivity contribution in [1.82, 2.24) is 5.32 Å². The summed E-state index contributed by atoms with van der Waals surface area (Å²) in [4.78, 5) is 12.0. The van der Waals surface area contributed by atoms with E-state index in [1.165, 1.54) is 12.3 Å². The predicted molar refractivity (Wildman–Crippen MR) is 82.6 cm³/mol. The largest absolute Gasteiger partial charge is 0.508 e. The van der Waals surface area contributed by atoms with Crippen molar-refractivity contribution in [3.05, 3.63) is 35.5 Å². The Bertz CT molecular complexity index is 571. The van der Waals surface area contributed by atoms with Crippen molar-refractivity contribution in [2.75, 3.05) is 11.9 Å². The zero-order valence-corrected chi connectivity index (χ0v) is 12.6. The first kappa shape index (κ1) is 16.6. The Labute approximate surface area is 125 Å². The molecule has 0 heterocycles. The summed E-state index contributed by atoms with van der Waals surface area (Å²) in [5.41, 5.74) is 1.32. The van der Waals surface area contributed by atoms with Crippen LogP contribution in [0.4, 0.5) is 5.69 Å². The van der Waals surface area contributed by atoms with E-state index < -0.39 is 5.91 Å². The number of aryl methyl sites for hydroxylation is 1. The summed E-state index contributed by atoms with van der Waals surface area (Å²) in [6.07, 6.45) is 2.40. The number of anilines is 1.